The molecule has 0 saturated heterocycles. The fraction of sp³-hybridized carbons (Fsp3) is 0.771. The Bertz CT molecular complexity index is 759. The highest BCUT2D eigenvalue weighted by Gasteiger charge is 2.18. The van der Waals surface area contributed by atoms with Crippen LogP contribution in [-0.4, -0.2) is 44.3 Å². The number of allylic oxidation sites excluding steroid dienone is 2. The molecule has 0 aliphatic heterocycles. The van der Waals surface area contributed by atoms with Crippen LogP contribution >= 0.6 is 0 Å². The van der Waals surface area contributed by atoms with Gasteiger partial charge in [0.05, 0.1) is 24.7 Å². The number of carboxylic acid groups (broad SMARTS) is 4. The van der Waals surface area contributed by atoms with Crippen molar-refractivity contribution in [1.82, 2.24) is 0 Å². The molecule has 43 heavy (non-hydrogen) atoms. The highest BCUT2D eigenvalue weighted by Crippen LogP contribution is 2.14. The van der Waals surface area contributed by atoms with Gasteiger partial charge in [-0.25, -0.2) is 0 Å². The third-order valence-electron chi connectivity index (χ3n) is 7.36. The topological polar surface area (TPSA) is 149 Å². The summed E-state index contributed by atoms with van der Waals surface area (Å²) in [7, 11) is 0. The summed E-state index contributed by atoms with van der Waals surface area (Å²) in [5.41, 5.74) is 0. The van der Waals surface area contributed by atoms with Gasteiger partial charge in [0.2, 0.25) is 0 Å². The molecule has 0 spiro atoms. The Kier molecular flexibility index (Phi) is 31.9. The number of hydrogen-bond acceptors (Lipinski definition) is 4. The molecule has 8 nitrogen and oxygen atoms in total. The van der Waals surface area contributed by atoms with Gasteiger partial charge in [-0.3, -0.25) is 19.2 Å². The predicted octanol–water partition coefficient (Wildman–Crippen LogP) is 9.67. The third-order valence-corrected chi connectivity index (χ3v) is 7.36. The van der Waals surface area contributed by atoms with Crippen LogP contribution < -0.4 is 0 Å². The van der Waals surface area contributed by atoms with Crippen LogP contribution in [0.1, 0.15) is 162 Å². The zero-order valence-corrected chi connectivity index (χ0v) is 27.1. The molecule has 0 heterocycles. The fourth-order valence-corrected chi connectivity index (χ4v) is 4.70. The zero-order chi connectivity index (χ0) is 32.6. The molecule has 2 unspecified atom stereocenters. The van der Waals surface area contributed by atoms with Crippen molar-refractivity contribution in [3.63, 3.8) is 0 Å². The van der Waals surface area contributed by atoms with Crippen LogP contribution in [0.5, 0.6) is 0 Å². The molecular formula is C35H62O8. The molecule has 0 amide bonds. The van der Waals surface area contributed by atoms with Gasteiger partial charge in [-0.1, -0.05) is 147 Å². The smallest absolute Gasteiger partial charge is 0.310 e. The van der Waals surface area contributed by atoms with Crippen molar-refractivity contribution in [2.24, 2.45) is 11.8 Å². The number of carbonyl (C=O) groups is 4. The van der Waals surface area contributed by atoms with E-state index in [-0.39, 0.29) is 12.8 Å². The summed E-state index contributed by atoms with van der Waals surface area (Å²) in [6.07, 6.45) is 31.8. The largest absolute Gasteiger partial charge is 0.481 e. The van der Waals surface area contributed by atoms with Crippen LogP contribution in [0.2, 0.25) is 0 Å². The van der Waals surface area contributed by atoms with E-state index in [4.69, 9.17) is 20.4 Å². The van der Waals surface area contributed by atoms with E-state index in [1.807, 2.05) is 6.08 Å². The van der Waals surface area contributed by atoms with Crippen molar-refractivity contribution in [2.45, 2.75) is 162 Å². The first kappa shape index (κ1) is 42.5. The molecule has 2 atom stereocenters. The molecule has 8 heteroatoms. The Balaban J connectivity index is 0. The van der Waals surface area contributed by atoms with E-state index in [9.17, 15) is 19.2 Å². The highest BCUT2D eigenvalue weighted by molar-refractivity contribution is 5.79. The molecule has 4 N–H and O–H groups in total. The molecule has 0 rings (SSSR count). The monoisotopic (exact) mass is 610 g/mol. The van der Waals surface area contributed by atoms with Gasteiger partial charge in [-0.15, -0.1) is 0 Å². The van der Waals surface area contributed by atoms with Crippen LogP contribution in [0.25, 0.3) is 0 Å². The molecule has 0 fully saturated rings. The van der Waals surface area contributed by atoms with Crippen molar-refractivity contribution < 1.29 is 39.6 Å². The van der Waals surface area contributed by atoms with Crippen LogP contribution in [0.3, 0.4) is 0 Å². The second kappa shape index (κ2) is 32.3. The maximum absolute atomic E-state index is 10.9. The molecular weight excluding hydrogens is 548 g/mol. The van der Waals surface area contributed by atoms with E-state index in [0.29, 0.717) is 0 Å². The molecule has 0 aliphatic rings. The first-order valence-corrected chi connectivity index (χ1v) is 16.9. The van der Waals surface area contributed by atoms with E-state index in [0.717, 1.165) is 38.5 Å². The molecule has 0 aliphatic carbocycles. The minimum Gasteiger partial charge on any atom is -0.481 e. The van der Waals surface area contributed by atoms with Gasteiger partial charge in [-0.2, -0.15) is 0 Å². The molecule has 0 aromatic heterocycles. The van der Waals surface area contributed by atoms with Gasteiger partial charge in [0.25, 0.3) is 0 Å². The fourth-order valence-electron chi connectivity index (χ4n) is 4.70. The number of hydrogen-bond donors (Lipinski definition) is 4. The van der Waals surface area contributed by atoms with Crippen molar-refractivity contribution >= 4 is 23.9 Å². The van der Waals surface area contributed by atoms with Gasteiger partial charge in [0, 0.05) is 0 Å². The summed E-state index contributed by atoms with van der Waals surface area (Å²) < 4.78 is 0. The minimum atomic E-state index is -1.07. The van der Waals surface area contributed by atoms with Crippen LogP contribution in [0.15, 0.2) is 24.3 Å². The number of carboxylic acids is 4. The van der Waals surface area contributed by atoms with Crippen LogP contribution in [0.4, 0.5) is 0 Å². The summed E-state index contributed by atoms with van der Waals surface area (Å²) in [6, 6.07) is 0. The van der Waals surface area contributed by atoms with E-state index < -0.39 is 35.7 Å². The highest BCUT2D eigenvalue weighted by atomic mass is 16.4. The Morgan fingerprint density at radius 3 is 0.930 bits per heavy atom. The molecule has 0 aromatic rings. The molecule has 0 bridgehead atoms. The SMILES string of the molecule is CCCCCCCCCCC=CC(CC(=O)O)C(=O)O.CCCCCCCCCCCCCC=CC(CC(=O)O)C(=O)O. The van der Waals surface area contributed by atoms with E-state index in [1.54, 1.807) is 6.08 Å². The number of rotatable bonds is 29. The Morgan fingerprint density at radius 2 is 0.698 bits per heavy atom. The second-order valence-corrected chi connectivity index (χ2v) is 11.5. The van der Waals surface area contributed by atoms with Crippen LogP contribution in [0, 0.1) is 11.8 Å². The summed E-state index contributed by atoms with van der Waals surface area (Å²) in [4.78, 5) is 42.7. The second-order valence-electron chi connectivity index (χ2n) is 11.5. The summed E-state index contributed by atoms with van der Waals surface area (Å²) >= 11 is 0. The maximum Gasteiger partial charge on any atom is 0.310 e. The lowest BCUT2D eigenvalue weighted by Gasteiger charge is -2.03. The summed E-state index contributed by atoms with van der Waals surface area (Å²) in [5, 5.41) is 35.0. The van der Waals surface area contributed by atoms with Gasteiger partial charge in [-0.05, 0) is 25.7 Å². The molecule has 250 valence electrons. The lowest BCUT2D eigenvalue weighted by Crippen LogP contribution is -2.15. The average Bonchev–Trinajstić information content (AvgIpc) is 2.95. The van der Waals surface area contributed by atoms with Gasteiger partial charge in [0.15, 0.2) is 0 Å². The van der Waals surface area contributed by atoms with E-state index >= 15 is 0 Å². The molecule has 0 radical (unpaired) electrons. The molecule has 0 saturated carbocycles. The van der Waals surface area contributed by atoms with Crippen molar-refractivity contribution in [2.75, 3.05) is 0 Å². The number of unbranched alkanes of at least 4 members (excludes halogenated alkanes) is 19. The first-order valence-electron chi connectivity index (χ1n) is 16.9. The van der Waals surface area contributed by atoms with Crippen LogP contribution in [-0.2, 0) is 19.2 Å². The van der Waals surface area contributed by atoms with E-state index in [2.05, 4.69) is 13.8 Å². The molecule has 0 aromatic carbocycles. The Hall–Kier alpha value is -2.64. The van der Waals surface area contributed by atoms with Gasteiger partial charge < -0.3 is 20.4 Å². The summed E-state index contributed by atoms with van der Waals surface area (Å²) in [6.45, 7) is 4.45. The van der Waals surface area contributed by atoms with Crippen molar-refractivity contribution in [3.05, 3.63) is 24.3 Å². The Labute approximate surface area is 261 Å². The quantitative estimate of drug-likeness (QED) is 0.0483. The number of aliphatic carboxylic acids is 4. The summed E-state index contributed by atoms with van der Waals surface area (Å²) in [5.74, 6) is -6.09. The van der Waals surface area contributed by atoms with E-state index in [1.165, 1.54) is 108 Å². The van der Waals surface area contributed by atoms with Gasteiger partial charge >= 0.3 is 23.9 Å². The lowest BCUT2D eigenvalue weighted by molar-refractivity contribution is -0.146. The van der Waals surface area contributed by atoms with Crippen molar-refractivity contribution in [1.29, 1.82) is 0 Å². The maximum atomic E-state index is 10.9. The average molecular weight is 611 g/mol. The first-order chi connectivity index (χ1) is 20.6. The lowest BCUT2D eigenvalue weighted by atomic mass is 10.0. The zero-order valence-electron chi connectivity index (χ0n) is 27.1. The normalized spacial score (nSPS) is 12.6. The van der Waals surface area contributed by atoms with Gasteiger partial charge in [0.1, 0.15) is 0 Å². The third kappa shape index (κ3) is 33.7. The van der Waals surface area contributed by atoms with Crippen molar-refractivity contribution in [3.8, 4) is 0 Å². The Morgan fingerprint density at radius 1 is 0.442 bits per heavy atom. The predicted molar refractivity (Wildman–Crippen MR) is 173 cm³/mol. The minimum absolute atomic E-state index is 0.343. The standard InChI is InChI=1S/C19H34O4.C16H28O4/c1-2-3-4-5-6-7-8-9-10-11-12-13-14-15-17(19(22)23)16-18(20)21;1-2-3-4-5-6-7-8-9-10-11-12-14(16(19)20)13-15(17)18/h14-15,17H,2-13,16H2,1H3,(H,20,21)(H,22,23);11-12,14H,2-10,13H2,1H3,(H,17,18)(H,19,20).